The third-order valence-electron chi connectivity index (χ3n) is 5.02. The van der Waals surface area contributed by atoms with Crippen LogP contribution in [0.15, 0.2) is 52.1 Å². The minimum atomic E-state index is -3.56. The molecule has 11 nitrogen and oxygen atoms in total. The van der Waals surface area contributed by atoms with Crippen molar-refractivity contribution < 1.29 is 22.5 Å². The highest BCUT2D eigenvalue weighted by Gasteiger charge is 2.19. The summed E-state index contributed by atoms with van der Waals surface area (Å²) >= 11 is 0. The van der Waals surface area contributed by atoms with Gasteiger partial charge in [0.1, 0.15) is 5.82 Å². The maximum Gasteiger partial charge on any atom is 0.306 e. The molecule has 172 valence electrons. The van der Waals surface area contributed by atoms with E-state index >= 15 is 0 Å². The van der Waals surface area contributed by atoms with Crippen molar-refractivity contribution in [2.45, 2.75) is 24.3 Å². The monoisotopic (exact) mass is 470 g/mol. The van der Waals surface area contributed by atoms with Gasteiger partial charge in [-0.3, -0.25) is 9.78 Å². The van der Waals surface area contributed by atoms with E-state index in [4.69, 9.17) is 9.26 Å². The lowest BCUT2D eigenvalue weighted by Crippen LogP contribution is -2.22. The number of imidazole rings is 1. The zero-order valence-electron chi connectivity index (χ0n) is 18.3. The molecule has 0 aliphatic heterocycles. The van der Waals surface area contributed by atoms with E-state index in [0.717, 1.165) is 9.82 Å². The Labute approximate surface area is 190 Å². The van der Waals surface area contributed by atoms with E-state index in [1.54, 1.807) is 36.7 Å². The maximum absolute atomic E-state index is 12.4. The Kier molecular flexibility index (Phi) is 6.20. The minimum Gasteiger partial charge on any atom is -0.456 e. The van der Waals surface area contributed by atoms with E-state index in [9.17, 15) is 13.2 Å². The number of aryl methyl sites for hydroxylation is 2. The highest BCUT2D eigenvalue weighted by Crippen LogP contribution is 2.22. The molecule has 0 aliphatic rings. The van der Waals surface area contributed by atoms with Crippen LogP contribution in [0.5, 0.6) is 0 Å². The minimum absolute atomic E-state index is 0.0869. The van der Waals surface area contributed by atoms with Gasteiger partial charge in [0.25, 0.3) is 5.89 Å². The molecule has 3 heterocycles. The topological polar surface area (TPSA) is 133 Å². The molecule has 0 saturated heterocycles. The smallest absolute Gasteiger partial charge is 0.306 e. The Morgan fingerprint density at radius 2 is 2.03 bits per heavy atom. The van der Waals surface area contributed by atoms with Crippen molar-refractivity contribution in [2.75, 3.05) is 14.1 Å². The van der Waals surface area contributed by atoms with Gasteiger partial charge in [-0.25, -0.2) is 17.7 Å². The number of benzene rings is 1. The average Bonchev–Trinajstić information content (AvgIpc) is 3.41. The van der Waals surface area contributed by atoms with E-state index in [-0.39, 0.29) is 23.8 Å². The SMILES string of the molecule is CN(C)S(=O)(=O)c1ccc2c(c1)nc(CCC(=O)OCc1nc(-c3cccnc3)no1)n2C. The molecule has 3 aromatic heterocycles. The Hall–Kier alpha value is -3.64. The molecule has 12 heteroatoms. The van der Waals surface area contributed by atoms with Gasteiger partial charge in [0, 0.05) is 45.5 Å². The summed E-state index contributed by atoms with van der Waals surface area (Å²) < 4.78 is 38.0. The van der Waals surface area contributed by atoms with Gasteiger partial charge in [0.15, 0.2) is 6.61 Å². The molecular weight excluding hydrogens is 448 g/mol. The van der Waals surface area contributed by atoms with E-state index in [1.165, 1.54) is 20.2 Å². The van der Waals surface area contributed by atoms with Crippen LogP contribution in [0.1, 0.15) is 18.1 Å². The van der Waals surface area contributed by atoms with Crippen LogP contribution >= 0.6 is 0 Å². The van der Waals surface area contributed by atoms with Crippen molar-refractivity contribution in [3.63, 3.8) is 0 Å². The number of esters is 1. The van der Waals surface area contributed by atoms with Crippen LogP contribution < -0.4 is 0 Å². The molecule has 0 radical (unpaired) electrons. The number of fused-ring (bicyclic) bond motifs is 1. The molecule has 4 aromatic rings. The largest absolute Gasteiger partial charge is 0.456 e. The van der Waals surface area contributed by atoms with Gasteiger partial charge in [0.2, 0.25) is 15.8 Å². The molecule has 0 aliphatic carbocycles. The number of nitrogens with zero attached hydrogens (tertiary/aromatic N) is 6. The number of pyridine rings is 1. The first-order chi connectivity index (χ1) is 15.8. The Morgan fingerprint density at radius 1 is 1.21 bits per heavy atom. The molecule has 0 atom stereocenters. The maximum atomic E-state index is 12.4. The summed E-state index contributed by atoms with van der Waals surface area (Å²) in [5.41, 5.74) is 2.00. The molecule has 0 amide bonds. The van der Waals surface area contributed by atoms with Crippen molar-refractivity contribution in [1.29, 1.82) is 0 Å². The standard InChI is InChI=1S/C21H22N6O5S/c1-26(2)33(29,30)15-6-7-17-16(11-15)23-18(27(17)3)8-9-20(28)31-13-19-24-21(25-32-19)14-5-4-10-22-12-14/h4-7,10-12H,8-9,13H2,1-3H3. The van der Waals surface area contributed by atoms with Crippen LogP contribution in [0.3, 0.4) is 0 Å². The molecule has 4 rings (SSSR count). The summed E-state index contributed by atoms with van der Waals surface area (Å²) in [5, 5.41) is 3.85. The first-order valence-corrected chi connectivity index (χ1v) is 11.5. The van der Waals surface area contributed by atoms with Gasteiger partial charge in [-0.1, -0.05) is 5.16 Å². The van der Waals surface area contributed by atoms with Crippen LogP contribution in [-0.4, -0.2) is 57.5 Å². The molecule has 0 fully saturated rings. The molecular formula is C21H22N6O5S. The van der Waals surface area contributed by atoms with Gasteiger partial charge in [-0.05, 0) is 30.3 Å². The predicted molar refractivity (Wildman–Crippen MR) is 117 cm³/mol. The van der Waals surface area contributed by atoms with Crippen LogP contribution in [0, 0.1) is 0 Å². The Balaban J connectivity index is 1.38. The van der Waals surface area contributed by atoms with Crippen molar-refractivity contribution in [3.8, 4) is 11.4 Å². The first kappa shape index (κ1) is 22.6. The van der Waals surface area contributed by atoms with Gasteiger partial charge in [0.05, 0.1) is 22.3 Å². The Morgan fingerprint density at radius 3 is 2.76 bits per heavy atom. The summed E-state index contributed by atoms with van der Waals surface area (Å²) in [6.07, 6.45) is 3.66. The molecule has 0 saturated carbocycles. The lowest BCUT2D eigenvalue weighted by Gasteiger charge is -2.10. The van der Waals surface area contributed by atoms with Crippen LogP contribution in [0.4, 0.5) is 0 Å². The van der Waals surface area contributed by atoms with Crippen molar-refractivity contribution >= 4 is 27.0 Å². The fraction of sp³-hybridized carbons (Fsp3) is 0.286. The van der Waals surface area contributed by atoms with E-state index in [1.807, 2.05) is 11.6 Å². The van der Waals surface area contributed by atoms with Gasteiger partial charge >= 0.3 is 5.97 Å². The van der Waals surface area contributed by atoms with E-state index in [2.05, 4.69) is 20.1 Å². The summed E-state index contributed by atoms with van der Waals surface area (Å²) in [5.74, 6) is 0.737. The number of ether oxygens (including phenoxy) is 1. The lowest BCUT2D eigenvalue weighted by molar-refractivity contribution is -0.145. The van der Waals surface area contributed by atoms with E-state index in [0.29, 0.717) is 29.1 Å². The summed E-state index contributed by atoms with van der Waals surface area (Å²) in [4.78, 5) is 25.1. The average molecular weight is 471 g/mol. The number of carbonyl (C=O) groups is 1. The number of aromatic nitrogens is 5. The molecule has 0 N–H and O–H groups in total. The van der Waals surface area contributed by atoms with Crippen molar-refractivity contribution in [3.05, 3.63) is 54.4 Å². The molecule has 1 aromatic carbocycles. The number of carbonyl (C=O) groups excluding carboxylic acids is 1. The van der Waals surface area contributed by atoms with Gasteiger partial charge < -0.3 is 13.8 Å². The van der Waals surface area contributed by atoms with E-state index < -0.39 is 16.0 Å². The van der Waals surface area contributed by atoms with Crippen molar-refractivity contribution in [2.24, 2.45) is 7.05 Å². The summed E-state index contributed by atoms with van der Waals surface area (Å²) in [6.45, 7) is -0.139. The number of hydrogen-bond acceptors (Lipinski definition) is 9. The molecule has 0 bridgehead atoms. The van der Waals surface area contributed by atoms with Gasteiger partial charge in [-0.2, -0.15) is 4.98 Å². The van der Waals surface area contributed by atoms with Crippen LogP contribution in [0.25, 0.3) is 22.4 Å². The fourth-order valence-electron chi connectivity index (χ4n) is 3.18. The zero-order valence-corrected chi connectivity index (χ0v) is 19.1. The second-order valence-corrected chi connectivity index (χ2v) is 9.59. The second-order valence-electron chi connectivity index (χ2n) is 7.44. The number of sulfonamides is 1. The van der Waals surface area contributed by atoms with Crippen LogP contribution in [0.2, 0.25) is 0 Å². The zero-order chi connectivity index (χ0) is 23.6. The second kappa shape index (κ2) is 9.08. The Bertz CT molecular complexity index is 1400. The highest BCUT2D eigenvalue weighted by molar-refractivity contribution is 7.89. The molecule has 0 spiro atoms. The fourth-order valence-corrected chi connectivity index (χ4v) is 4.10. The number of hydrogen-bond donors (Lipinski definition) is 0. The van der Waals surface area contributed by atoms with Crippen LogP contribution in [-0.2, 0) is 39.6 Å². The first-order valence-electron chi connectivity index (χ1n) is 10.0. The summed E-state index contributed by atoms with van der Waals surface area (Å²) in [6, 6.07) is 8.33. The predicted octanol–water partition coefficient (Wildman–Crippen LogP) is 1.94. The normalized spacial score (nSPS) is 11.9. The van der Waals surface area contributed by atoms with Gasteiger partial charge in [-0.15, -0.1) is 0 Å². The molecule has 33 heavy (non-hydrogen) atoms. The summed E-state index contributed by atoms with van der Waals surface area (Å²) in [7, 11) is 1.20. The number of rotatable bonds is 8. The van der Waals surface area contributed by atoms with Crippen molar-refractivity contribution in [1.82, 2.24) is 29.0 Å². The molecule has 0 unspecified atom stereocenters. The highest BCUT2D eigenvalue weighted by atomic mass is 32.2. The lowest BCUT2D eigenvalue weighted by atomic mass is 10.3. The third kappa shape index (κ3) is 4.76. The quantitative estimate of drug-likeness (QED) is 0.354. The third-order valence-corrected chi connectivity index (χ3v) is 6.83.